The highest BCUT2D eigenvalue weighted by molar-refractivity contribution is 6.68. The van der Waals surface area contributed by atoms with E-state index in [0.29, 0.717) is 0 Å². The maximum Gasteiger partial charge on any atom is 0.308 e. The van der Waals surface area contributed by atoms with Crippen molar-refractivity contribution in [2.75, 3.05) is 7.11 Å². The molecular formula is C10H9ClO4. The molecule has 0 fully saturated rings. The van der Waals surface area contributed by atoms with Gasteiger partial charge in [-0.25, -0.2) is 0 Å². The van der Waals surface area contributed by atoms with Crippen LogP contribution in [0.2, 0.25) is 0 Å². The first-order valence-electron chi connectivity index (χ1n) is 4.11. The lowest BCUT2D eigenvalue weighted by Crippen LogP contribution is -2.05. The first-order valence-corrected chi connectivity index (χ1v) is 4.49. The van der Waals surface area contributed by atoms with E-state index in [0.717, 1.165) is 0 Å². The molecule has 0 atom stereocenters. The second-order valence-electron chi connectivity index (χ2n) is 2.70. The van der Waals surface area contributed by atoms with Gasteiger partial charge in [0.1, 0.15) is 0 Å². The van der Waals surface area contributed by atoms with E-state index in [1.54, 1.807) is 6.07 Å². The average molecular weight is 229 g/mol. The van der Waals surface area contributed by atoms with Crippen molar-refractivity contribution in [1.29, 1.82) is 0 Å². The van der Waals surface area contributed by atoms with E-state index in [1.807, 2.05) is 0 Å². The number of methoxy groups -OCH3 is 1. The molecule has 15 heavy (non-hydrogen) atoms. The van der Waals surface area contributed by atoms with Crippen LogP contribution in [0.3, 0.4) is 0 Å². The Balaban J connectivity index is 3.21. The molecule has 0 radical (unpaired) electrons. The molecule has 0 bridgehead atoms. The van der Waals surface area contributed by atoms with E-state index >= 15 is 0 Å². The minimum absolute atomic E-state index is 0.160. The fourth-order valence-corrected chi connectivity index (χ4v) is 1.27. The van der Waals surface area contributed by atoms with E-state index in [4.69, 9.17) is 21.1 Å². The molecular weight excluding hydrogens is 220 g/mol. The van der Waals surface area contributed by atoms with Gasteiger partial charge in [0.05, 0.1) is 12.7 Å². The average Bonchev–Trinajstić information content (AvgIpc) is 2.16. The quantitative estimate of drug-likeness (QED) is 0.451. The third-order valence-electron chi connectivity index (χ3n) is 1.65. The molecule has 1 rings (SSSR count). The van der Waals surface area contributed by atoms with E-state index in [-0.39, 0.29) is 17.1 Å². The molecule has 0 aliphatic heterocycles. The molecule has 1 aromatic carbocycles. The summed E-state index contributed by atoms with van der Waals surface area (Å²) in [6, 6.07) is 4.56. The highest BCUT2D eigenvalue weighted by Gasteiger charge is 2.15. The lowest BCUT2D eigenvalue weighted by Gasteiger charge is -2.09. The van der Waals surface area contributed by atoms with Crippen molar-refractivity contribution in [3.8, 4) is 11.5 Å². The highest BCUT2D eigenvalue weighted by Crippen LogP contribution is 2.31. The first kappa shape index (κ1) is 11.5. The van der Waals surface area contributed by atoms with Crippen LogP contribution in [0.5, 0.6) is 11.5 Å². The van der Waals surface area contributed by atoms with Gasteiger partial charge in [0, 0.05) is 6.92 Å². The third kappa shape index (κ3) is 2.70. The molecule has 0 aliphatic rings. The number of carbonyl (C=O) groups is 2. The van der Waals surface area contributed by atoms with E-state index in [1.165, 1.54) is 26.2 Å². The molecule has 0 heterocycles. The zero-order chi connectivity index (χ0) is 11.4. The standard InChI is InChI=1S/C10H9ClO4/c1-6(12)15-8-5-3-4-7(10(11)13)9(8)14-2/h3-5H,1-2H3. The predicted octanol–water partition coefficient (Wildman–Crippen LogP) is 2.00. The summed E-state index contributed by atoms with van der Waals surface area (Å²) in [5.41, 5.74) is 0.165. The summed E-state index contributed by atoms with van der Waals surface area (Å²) >= 11 is 5.34. The topological polar surface area (TPSA) is 52.6 Å². The normalized spacial score (nSPS) is 9.53. The number of carbonyl (C=O) groups excluding carboxylic acids is 2. The van der Waals surface area contributed by atoms with Crippen LogP contribution in [0.15, 0.2) is 18.2 Å². The van der Waals surface area contributed by atoms with Gasteiger partial charge in [0.15, 0.2) is 11.5 Å². The summed E-state index contributed by atoms with van der Waals surface area (Å²) in [5, 5.41) is -0.666. The predicted molar refractivity (Wildman–Crippen MR) is 54.5 cm³/mol. The number of ether oxygens (including phenoxy) is 2. The van der Waals surface area contributed by atoms with Crippen LogP contribution in [-0.2, 0) is 4.79 Å². The molecule has 0 unspecified atom stereocenters. The summed E-state index contributed by atoms with van der Waals surface area (Å²) in [4.78, 5) is 21.8. The van der Waals surface area contributed by atoms with E-state index in [2.05, 4.69) is 0 Å². The van der Waals surface area contributed by atoms with Crippen molar-refractivity contribution < 1.29 is 19.1 Å². The second kappa shape index (κ2) is 4.79. The fourth-order valence-electron chi connectivity index (χ4n) is 1.12. The number of halogens is 1. The molecule has 0 amide bonds. The Labute approximate surface area is 91.7 Å². The number of hydrogen-bond acceptors (Lipinski definition) is 4. The lowest BCUT2D eigenvalue weighted by molar-refractivity contribution is -0.132. The van der Waals surface area contributed by atoms with Gasteiger partial charge in [-0.1, -0.05) is 6.07 Å². The van der Waals surface area contributed by atoms with Crippen molar-refractivity contribution in [1.82, 2.24) is 0 Å². The molecule has 0 saturated carbocycles. The van der Waals surface area contributed by atoms with Crippen LogP contribution in [0.25, 0.3) is 0 Å². The third-order valence-corrected chi connectivity index (χ3v) is 1.85. The molecule has 0 aliphatic carbocycles. The van der Waals surface area contributed by atoms with E-state index < -0.39 is 11.2 Å². The molecule has 0 N–H and O–H groups in total. The van der Waals surface area contributed by atoms with Gasteiger partial charge in [0.25, 0.3) is 5.24 Å². The van der Waals surface area contributed by atoms with Crippen molar-refractivity contribution >= 4 is 22.8 Å². The van der Waals surface area contributed by atoms with Crippen LogP contribution in [0.1, 0.15) is 17.3 Å². The molecule has 80 valence electrons. The summed E-state index contributed by atoms with van der Waals surface area (Å²) in [6.45, 7) is 1.26. The maximum atomic E-state index is 11.0. The Morgan fingerprint density at radius 1 is 1.33 bits per heavy atom. The van der Waals surface area contributed by atoms with Crippen molar-refractivity contribution in [3.63, 3.8) is 0 Å². The molecule has 0 saturated heterocycles. The first-order chi connectivity index (χ1) is 7.06. The number of benzene rings is 1. The molecule has 4 nitrogen and oxygen atoms in total. The Morgan fingerprint density at radius 2 is 2.00 bits per heavy atom. The summed E-state index contributed by atoms with van der Waals surface area (Å²) in [5.74, 6) is -0.156. The molecule has 0 spiro atoms. The van der Waals surface area contributed by atoms with Gasteiger partial charge >= 0.3 is 5.97 Å². The maximum absolute atomic E-state index is 11.0. The van der Waals surface area contributed by atoms with Crippen molar-refractivity contribution in [2.45, 2.75) is 6.92 Å². The highest BCUT2D eigenvalue weighted by atomic mass is 35.5. The van der Waals surface area contributed by atoms with Gasteiger partial charge in [-0.15, -0.1) is 0 Å². The van der Waals surface area contributed by atoms with Crippen LogP contribution in [0, 0.1) is 0 Å². The van der Waals surface area contributed by atoms with Gasteiger partial charge < -0.3 is 9.47 Å². The van der Waals surface area contributed by atoms with Crippen LogP contribution in [0.4, 0.5) is 0 Å². The Kier molecular flexibility index (Phi) is 3.68. The Hall–Kier alpha value is -1.55. The monoisotopic (exact) mass is 228 g/mol. The van der Waals surface area contributed by atoms with Gasteiger partial charge in [-0.3, -0.25) is 9.59 Å². The Morgan fingerprint density at radius 3 is 2.47 bits per heavy atom. The second-order valence-corrected chi connectivity index (χ2v) is 3.05. The molecule has 1 aromatic rings. The molecule has 0 aromatic heterocycles. The minimum atomic E-state index is -0.666. The van der Waals surface area contributed by atoms with Crippen molar-refractivity contribution in [3.05, 3.63) is 23.8 Å². The Bertz CT molecular complexity index is 400. The van der Waals surface area contributed by atoms with Gasteiger partial charge in [-0.2, -0.15) is 0 Å². The fraction of sp³-hybridized carbons (Fsp3) is 0.200. The van der Waals surface area contributed by atoms with Crippen LogP contribution in [-0.4, -0.2) is 18.3 Å². The van der Waals surface area contributed by atoms with Gasteiger partial charge in [-0.05, 0) is 23.7 Å². The number of rotatable bonds is 3. The number of esters is 1. The zero-order valence-corrected chi connectivity index (χ0v) is 9.00. The smallest absolute Gasteiger partial charge is 0.308 e. The van der Waals surface area contributed by atoms with E-state index in [9.17, 15) is 9.59 Å². The zero-order valence-electron chi connectivity index (χ0n) is 8.24. The number of para-hydroxylation sites is 1. The largest absolute Gasteiger partial charge is 0.492 e. The lowest BCUT2D eigenvalue weighted by atomic mass is 10.2. The number of hydrogen-bond donors (Lipinski definition) is 0. The summed E-state index contributed by atoms with van der Waals surface area (Å²) in [6.07, 6.45) is 0. The summed E-state index contributed by atoms with van der Waals surface area (Å²) < 4.78 is 9.81. The molecule has 5 heteroatoms. The minimum Gasteiger partial charge on any atom is -0.492 e. The van der Waals surface area contributed by atoms with Crippen molar-refractivity contribution in [2.24, 2.45) is 0 Å². The van der Waals surface area contributed by atoms with Gasteiger partial charge in [0.2, 0.25) is 0 Å². The van der Waals surface area contributed by atoms with Crippen LogP contribution >= 0.6 is 11.6 Å². The SMILES string of the molecule is COc1c(OC(C)=O)cccc1C(=O)Cl. The van der Waals surface area contributed by atoms with Crippen LogP contribution < -0.4 is 9.47 Å². The summed E-state index contributed by atoms with van der Waals surface area (Å²) in [7, 11) is 1.37.